The van der Waals surface area contributed by atoms with E-state index < -0.39 is 6.03 Å². The van der Waals surface area contributed by atoms with Crippen molar-refractivity contribution in [1.29, 1.82) is 0 Å². The Morgan fingerprint density at radius 3 is 2.22 bits per heavy atom. The van der Waals surface area contributed by atoms with Gasteiger partial charge in [-0.15, -0.1) is 12.4 Å². The molecule has 0 aliphatic carbocycles. The first kappa shape index (κ1) is 16.2. The van der Waals surface area contributed by atoms with Gasteiger partial charge in [0.25, 0.3) is 0 Å². The Morgan fingerprint density at radius 1 is 1.67 bits per heavy atom. The topological polar surface area (TPSA) is 55.1 Å². The van der Waals surface area contributed by atoms with Gasteiger partial charge in [-0.25, -0.2) is 4.79 Å². The summed E-state index contributed by atoms with van der Waals surface area (Å²) in [5.41, 5.74) is 4.73. The monoisotopic (exact) mass is 340 g/mol. The van der Waals surface area contributed by atoms with Crippen LogP contribution < -0.4 is 11.1 Å². The molecular weight excluding hydrogens is 328 g/mol. The molecule has 0 spiro atoms. The van der Waals surface area contributed by atoms with Gasteiger partial charge < -0.3 is 11.1 Å². The molecule has 0 aliphatic heterocycles. The van der Waals surface area contributed by atoms with Crippen molar-refractivity contribution in [2.75, 3.05) is 6.54 Å². The Morgan fingerprint density at radius 2 is 2.11 bits per heavy atom. The number of amides is 2. The van der Waals surface area contributed by atoms with Gasteiger partial charge in [0, 0.05) is 34.2 Å². The quantitative estimate of drug-likeness (QED) is 0.707. The van der Waals surface area contributed by atoms with Crippen LogP contribution in [0.5, 0.6) is 0 Å². The van der Waals surface area contributed by atoms with Crippen LogP contribution in [0.15, 0.2) is 0 Å². The number of rotatable bonds is 2. The molecule has 3 N–H and O–H groups in total. The van der Waals surface area contributed by atoms with Gasteiger partial charge in [-0.3, -0.25) is 0 Å². The summed E-state index contributed by atoms with van der Waals surface area (Å²) in [6.07, 6.45) is 0.933. The molecule has 2 amide bonds. The van der Waals surface area contributed by atoms with Crippen LogP contribution in [0.4, 0.5) is 4.79 Å². The van der Waals surface area contributed by atoms with Gasteiger partial charge in [0.15, 0.2) is 0 Å². The molecule has 0 bridgehead atoms. The van der Waals surface area contributed by atoms with Crippen LogP contribution in [0.1, 0.15) is 13.3 Å². The van der Waals surface area contributed by atoms with Crippen LogP contribution in [-0.2, 0) is 27.7 Å². The molecule has 0 fully saturated rings. The van der Waals surface area contributed by atoms with Gasteiger partial charge in [0.1, 0.15) is 0 Å². The number of nitrogens with one attached hydrogen (secondary N) is 1. The van der Waals surface area contributed by atoms with Gasteiger partial charge >= 0.3 is 6.03 Å². The predicted molar refractivity (Wildman–Crippen MR) is 35.1 cm³/mol. The molecule has 0 saturated heterocycles. The average molecular weight is 339 g/mol. The van der Waals surface area contributed by atoms with E-state index in [9.17, 15) is 4.79 Å². The summed E-state index contributed by atoms with van der Waals surface area (Å²) in [6, 6.07) is -0.443. The van der Waals surface area contributed by atoms with Crippen molar-refractivity contribution in [1.82, 2.24) is 5.32 Å². The third kappa shape index (κ3) is 17.7. The van der Waals surface area contributed by atoms with Crippen molar-refractivity contribution < 1.29 is 32.5 Å². The van der Waals surface area contributed by atoms with Gasteiger partial charge in [0.05, 0.1) is 0 Å². The second-order valence-electron chi connectivity index (χ2n) is 1.29. The minimum Gasteiger partial charge on any atom is -0.352 e. The molecule has 0 atom stereocenters. The molecule has 0 aromatic carbocycles. The summed E-state index contributed by atoms with van der Waals surface area (Å²) in [5.74, 6) is 0. The molecule has 0 unspecified atom stereocenters. The number of halogens is 1. The van der Waals surface area contributed by atoms with Crippen LogP contribution in [0.25, 0.3) is 0 Å². The minimum atomic E-state index is -0.443. The maximum atomic E-state index is 9.87. The first-order valence-corrected chi connectivity index (χ1v) is 2.30. The molecule has 3 nitrogen and oxygen atoms in total. The van der Waals surface area contributed by atoms with Crippen LogP contribution in [0, 0.1) is 0 Å². The smallest absolute Gasteiger partial charge is 0.312 e. The van der Waals surface area contributed by atoms with E-state index >= 15 is 0 Å². The second-order valence-corrected chi connectivity index (χ2v) is 1.29. The summed E-state index contributed by atoms with van der Waals surface area (Å²) in [7, 11) is 0. The normalized spacial score (nSPS) is 6.33. The van der Waals surface area contributed by atoms with E-state index in [1.165, 1.54) is 0 Å². The summed E-state index contributed by atoms with van der Waals surface area (Å²) in [4.78, 5) is 9.87. The Kier molecular flexibility index (Phi) is 20.4. The summed E-state index contributed by atoms with van der Waals surface area (Å²) in [5, 5.41) is 2.43. The van der Waals surface area contributed by atoms with Gasteiger partial charge in [-0.2, -0.15) is 0 Å². The van der Waals surface area contributed by atoms with Crippen LogP contribution in [-0.4, -0.2) is 12.6 Å². The number of carbonyl (C=O) groups is 1. The van der Waals surface area contributed by atoms with E-state index in [0.717, 1.165) is 6.42 Å². The predicted octanol–water partition coefficient (Wildman–Crippen LogP) is 0.484. The molecular formula is C4H11ClHgN2O. The van der Waals surface area contributed by atoms with Crippen LogP contribution in [0.3, 0.4) is 0 Å². The zero-order chi connectivity index (χ0) is 5.70. The first-order chi connectivity index (χ1) is 3.27. The molecule has 5 heteroatoms. The molecule has 0 heterocycles. The molecule has 0 saturated carbocycles. The first-order valence-electron chi connectivity index (χ1n) is 2.30. The number of hydrogen-bond donors (Lipinski definition) is 2. The standard InChI is InChI=1S/C4H10N2O.ClH.Hg/c1-2-3-6-4(5)7;;/h2-3H2,1H3,(H3,5,6,7);1H;. The Balaban J connectivity index is -0.000000180. The molecule has 0 aliphatic rings. The summed E-state index contributed by atoms with van der Waals surface area (Å²) in [6.45, 7) is 2.64. The number of hydrogen-bond acceptors (Lipinski definition) is 1. The molecule has 0 aromatic heterocycles. The number of nitrogens with two attached hydrogens (primary N) is 1. The fourth-order valence-electron chi connectivity index (χ4n) is 0.248. The molecule has 52 valence electrons. The van der Waals surface area contributed by atoms with Crippen molar-refractivity contribution in [3.63, 3.8) is 0 Å². The summed E-state index contributed by atoms with van der Waals surface area (Å²) < 4.78 is 0. The van der Waals surface area contributed by atoms with Gasteiger partial charge in [0.2, 0.25) is 0 Å². The van der Waals surface area contributed by atoms with Crippen molar-refractivity contribution in [3.05, 3.63) is 0 Å². The number of carbonyl (C=O) groups excluding carboxylic acids is 1. The van der Waals surface area contributed by atoms with Crippen molar-refractivity contribution in [2.24, 2.45) is 5.73 Å². The van der Waals surface area contributed by atoms with Crippen molar-refractivity contribution in [3.8, 4) is 0 Å². The molecule has 9 heavy (non-hydrogen) atoms. The van der Waals surface area contributed by atoms with Gasteiger partial charge in [-0.05, 0) is 6.42 Å². The van der Waals surface area contributed by atoms with Crippen LogP contribution >= 0.6 is 12.4 Å². The largest absolute Gasteiger partial charge is 0.352 e. The maximum Gasteiger partial charge on any atom is 0.312 e. The summed E-state index contributed by atoms with van der Waals surface area (Å²) >= 11 is 0. The Labute approximate surface area is 81.7 Å². The van der Waals surface area contributed by atoms with E-state index in [1.807, 2.05) is 6.92 Å². The molecule has 0 rings (SSSR count). The molecule has 0 radical (unpaired) electrons. The Bertz CT molecular complexity index is 71.6. The number of primary amides is 1. The molecule has 0 aromatic rings. The van der Waals surface area contributed by atoms with Crippen LogP contribution in [0.2, 0.25) is 0 Å². The SMILES string of the molecule is CCCNC(N)=O.Cl.[Hg]. The van der Waals surface area contributed by atoms with E-state index in [4.69, 9.17) is 5.73 Å². The van der Waals surface area contributed by atoms with E-state index in [2.05, 4.69) is 5.32 Å². The average Bonchev–Trinajstić information content (AvgIpc) is 1.61. The van der Waals surface area contributed by atoms with E-state index in [0.29, 0.717) is 6.54 Å². The van der Waals surface area contributed by atoms with Gasteiger partial charge in [-0.1, -0.05) is 6.92 Å². The fraction of sp³-hybridized carbons (Fsp3) is 0.750. The van der Waals surface area contributed by atoms with E-state index in [-0.39, 0.29) is 40.1 Å². The Hall–Kier alpha value is 0.495. The fourth-order valence-corrected chi connectivity index (χ4v) is 0.248. The van der Waals surface area contributed by atoms with Crippen molar-refractivity contribution >= 4 is 18.4 Å². The minimum absolute atomic E-state index is 0. The zero-order valence-electron chi connectivity index (χ0n) is 5.52. The maximum absolute atomic E-state index is 9.87. The number of urea groups is 1. The van der Waals surface area contributed by atoms with Crippen molar-refractivity contribution in [2.45, 2.75) is 13.3 Å². The zero-order valence-corrected chi connectivity index (χ0v) is 11.8. The third-order valence-corrected chi connectivity index (χ3v) is 0.549. The van der Waals surface area contributed by atoms with E-state index in [1.54, 1.807) is 0 Å². The second kappa shape index (κ2) is 11.3. The third-order valence-electron chi connectivity index (χ3n) is 0.549.